The summed E-state index contributed by atoms with van der Waals surface area (Å²) >= 11 is 0. The van der Waals surface area contributed by atoms with Crippen LogP contribution >= 0.6 is 0 Å². The van der Waals surface area contributed by atoms with Gasteiger partial charge in [-0.3, -0.25) is 4.79 Å². The molecule has 2 N–H and O–H groups in total. The number of carbonyl (C=O) groups excluding carboxylic acids is 1. The Kier molecular flexibility index (Phi) is 3.69. The molecular weight excluding hydrogens is 242 g/mol. The molecule has 0 aliphatic heterocycles. The number of benzene rings is 1. The fourth-order valence-electron chi connectivity index (χ4n) is 2.30. The fourth-order valence-corrected chi connectivity index (χ4v) is 2.30. The molecule has 1 amide bonds. The highest BCUT2D eigenvalue weighted by Gasteiger charge is 2.24. The average molecular weight is 259 g/mol. The van der Waals surface area contributed by atoms with Crippen molar-refractivity contribution in [3.8, 4) is 0 Å². The smallest absolute Gasteiger partial charge is 0.331 e. The summed E-state index contributed by atoms with van der Waals surface area (Å²) in [5.74, 6) is -1.36. The molecule has 0 bridgehead atoms. The van der Waals surface area contributed by atoms with Crippen molar-refractivity contribution >= 4 is 11.9 Å². The monoisotopic (exact) mass is 259 g/mol. The predicted molar refractivity (Wildman–Crippen MR) is 71.7 cm³/mol. The number of rotatable bonds is 3. The Bertz CT molecular complexity index is 560. The van der Waals surface area contributed by atoms with Gasteiger partial charge < -0.3 is 10.4 Å². The van der Waals surface area contributed by atoms with Crippen LogP contribution in [-0.2, 0) is 16.0 Å². The maximum atomic E-state index is 12.0. The number of amides is 1. The molecule has 1 aliphatic rings. The molecule has 4 heteroatoms. The summed E-state index contributed by atoms with van der Waals surface area (Å²) in [7, 11) is 0. The Morgan fingerprint density at radius 1 is 1.21 bits per heavy atom. The van der Waals surface area contributed by atoms with Crippen LogP contribution in [-0.4, -0.2) is 17.0 Å². The van der Waals surface area contributed by atoms with Gasteiger partial charge in [-0.25, -0.2) is 4.79 Å². The zero-order chi connectivity index (χ0) is 14.0. The number of nitrogens with one attached hydrogen (secondary N) is 1. The van der Waals surface area contributed by atoms with Crippen LogP contribution in [0, 0.1) is 0 Å². The molecule has 1 unspecified atom stereocenters. The first-order valence-electron chi connectivity index (χ1n) is 6.30. The lowest BCUT2D eigenvalue weighted by molar-refractivity contribution is -0.133. The molecule has 4 nitrogen and oxygen atoms in total. The van der Waals surface area contributed by atoms with Crippen molar-refractivity contribution in [1.29, 1.82) is 0 Å². The third-order valence-electron chi connectivity index (χ3n) is 3.66. The largest absolute Gasteiger partial charge is 0.478 e. The maximum Gasteiger partial charge on any atom is 0.331 e. The average Bonchev–Trinajstić information content (AvgIpc) is 2.80. The quantitative estimate of drug-likeness (QED) is 0.818. The van der Waals surface area contributed by atoms with E-state index in [1.807, 2.05) is 18.2 Å². The van der Waals surface area contributed by atoms with Crippen molar-refractivity contribution in [1.82, 2.24) is 5.32 Å². The molecular formula is C15H17NO3. The van der Waals surface area contributed by atoms with Crippen molar-refractivity contribution in [2.24, 2.45) is 0 Å². The van der Waals surface area contributed by atoms with Crippen LogP contribution in [0.15, 0.2) is 35.4 Å². The molecule has 0 aromatic heterocycles. The number of carboxylic acid groups (broad SMARTS) is 1. The third kappa shape index (κ3) is 2.67. The van der Waals surface area contributed by atoms with E-state index in [1.54, 1.807) is 6.92 Å². The van der Waals surface area contributed by atoms with Gasteiger partial charge in [0.05, 0.1) is 6.04 Å². The minimum absolute atomic E-state index is 0.0137. The van der Waals surface area contributed by atoms with E-state index in [9.17, 15) is 9.59 Å². The number of hydrogen-bond acceptors (Lipinski definition) is 2. The molecule has 0 spiro atoms. The summed E-state index contributed by atoms with van der Waals surface area (Å²) in [6.45, 7) is 2.99. The molecule has 0 radical (unpaired) electrons. The second-order valence-corrected chi connectivity index (χ2v) is 4.82. The van der Waals surface area contributed by atoms with Crippen LogP contribution < -0.4 is 5.32 Å². The Morgan fingerprint density at radius 3 is 2.58 bits per heavy atom. The molecule has 1 aromatic rings. The predicted octanol–water partition coefficient (Wildman–Crippen LogP) is 2.21. The topological polar surface area (TPSA) is 66.4 Å². The minimum atomic E-state index is -1.06. The number of fused-ring (bicyclic) bond motifs is 1. The van der Waals surface area contributed by atoms with Crippen LogP contribution in [0.2, 0.25) is 0 Å². The van der Waals surface area contributed by atoms with Gasteiger partial charge in [0.1, 0.15) is 0 Å². The second kappa shape index (κ2) is 5.26. The zero-order valence-electron chi connectivity index (χ0n) is 11.1. The first-order valence-corrected chi connectivity index (χ1v) is 6.30. The highest BCUT2D eigenvalue weighted by molar-refractivity contribution is 6.01. The van der Waals surface area contributed by atoms with Crippen molar-refractivity contribution in [3.63, 3.8) is 0 Å². The molecule has 2 rings (SSSR count). The molecule has 19 heavy (non-hydrogen) atoms. The molecule has 0 saturated heterocycles. The van der Waals surface area contributed by atoms with E-state index in [0.29, 0.717) is 0 Å². The van der Waals surface area contributed by atoms with E-state index in [-0.39, 0.29) is 23.1 Å². The van der Waals surface area contributed by atoms with Crippen LogP contribution in [0.4, 0.5) is 0 Å². The van der Waals surface area contributed by atoms with Crippen molar-refractivity contribution < 1.29 is 14.7 Å². The van der Waals surface area contributed by atoms with Gasteiger partial charge >= 0.3 is 5.97 Å². The summed E-state index contributed by atoms with van der Waals surface area (Å²) in [6, 6.07) is 8.00. The highest BCUT2D eigenvalue weighted by Crippen LogP contribution is 2.30. The lowest BCUT2D eigenvalue weighted by atomic mass is 10.1. The van der Waals surface area contributed by atoms with Gasteiger partial charge in [-0.05, 0) is 37.8 Å². The minimum Gasteiger partial charge on any atom is -0.478 e. The van der Waals surface area contributed by atoms with Crippen LogP contribution in [0.25, 0.3) is 0 Å². The number of carboxylic acids is 1. The molecule has 0 heterocycles. The van der Waals surface area contributed by atoms with Crippen LogP contribution in [0.5, 0.6) is 0 Å². The van der Waals surface area contributed by atoms with Gasteiger partial charge in [0.25, 0.3) is 0 Å². The van der Waals surface area contributed by atoms with Gasteiger partial charge in [0.15, 0.2) is 0 Å². The van der Waals surface area contributed by atoms with Gasteiger partial charge in [-0.15, -0.1) is 0 Å². The standard InChI is InChI=1S/C15H17NO3/c1-9(10(2)15(18)19)14(17)16-13-8-7-11-5-3-4-6-12(11)13/h3-6,13H,7-8H2,1-2H3,(H,16,17)(H,18,19). The van der Waals surface area contributed by atoms with E-state index in [2.05, 4.69) is 11.4 Å². The first-order chi connectivity index (χ1) is 9.00. The van der Waals surface area contributed by atoms with E-state index in [0.717, 1.165) is 18.4 Å². The lowest BCUT2D eigenvalue weighted by Gasteiger charge is -2.15. The van der Waals surface area contributed by atoms with Gasteiger partial charge in [0, 0.05) is 11.1 Å². The Morgan fingerprint density at radius 2 is 1.89 bits per heavy atom. The van der Waals surface area contributed by atoms with Gasteiger partial charge in [-0.2, -0.15) is 0 Å². The summed E-state index contributed by atoms with van der Waals surface area (Å²) in [6.07, 6.45) is 1.81. The molecule has 1 aliphatic carbocycles. The molecule has 100 valence electrons. The van der Waals surface area contributed by atoms with E-state index in [1.165, 1.54) is 12.5 Å². The van der Waals surface area contributed by atoms with E-state index >= 15 is 0 Å². The van der Waals surface area contributed by atoms with Gasteiger partial charge in [0.2, 0.25) is 5.91 Å². The number of hydrogen-bond donors (Lipinski definition) is 2. The van der Waals surface area contributed by atoms with Crippen molar-refractivity contribution in [2.75, 3.05) is 0 Å². The normalized spacial score (nSPS) is 18.5. The van der Waals surface area contributed by atoms with E-state index in [4.69, 9.17) is 5.11 Å². The summed E-state index contributed by atoms with van der Waals surface area (Å²) < 4.78 is 0. The summed E-state index contributed by atoms with van der Waals surface area (Å²) in [4.78, 5) is 22.9. The molecule has 0 saturated carbocycles. The van der Waals surface area contributed by atoms with Crippen molar-refractivity contribution in [2.45, 2.75) is 32.7 Å². The molecule has 0 fully saturated rings. The summed E-state index contributed by atoms with van der Waals surface area (Å²) in [5.41, 5.74) is 2.74. The third-order valence-corrected chi connectivity index (χ3v) is 3.66. The van der Waals surface area contributed by atoms with E-state index < -0.39 is 5.97 Å². The lowest BCUT2D eigenvalue weighted by Crippen LogP contribution is -2.28. The zero-order valence-corrected chi connectivity index (χ0v) is 11.1. The SMILES string of the molecule is CC(C(=O)O)=C(C)C(=O)NC1CCc2ccccc21. The second-order valence-electron chi connectivity index (χ2n) is 4.82. The molecule has 1 aromatic carbocycles. The summed E-state index contributed by atoms with van der Waals surface area (Å²) in [5, 5.41) is 11.8. The highest BCUT2D eigenvalue weighted by atomic mass is 16.4. The van der Waals surface area contributed by atoms with Crippen molar-refractivity contribution in [3.05, 3.63) is 46.5 Å². The fraction of sp³-hybridized carbons (Fsp3) is 0.333. The van der Waals surface area contributed by atoms with Crippen LogP contribution in [0.3, 0.4) is 0 Å². The number of aryl methyl sites for hydroxylation is 1. The Hall–Kier alpha value is -2.10. The van der Waals surface area contributed by atoms with Gasteiger partial charge in [-0.1, -0.05) is 24.3 Å². The Labute approximate surface area is 112 Å². The first kappa shape index (κ1) is 13.3. The van der Waals surface area contributed by atoms with Crippen LogP contribution in [0.1, 0.15) is 37.4 Å². The maximum absolute atomic E-state index is 12.0. The number of carbonyl (C=O) groups is 2. The Balaban J connectivity index is 2.14. The number of aliphatic carboxylic acids is 1. The molecule has 1 atom stereocenters.